The predicted molar refractivity (Wildman–Crippen MR) is 72.3 cm³/mol. The van der Waals surface area contributed by atoms with Gasteiger partial charge in [-0.2, -0.15) is 0 Å². The van der Waals surface area contributed by atoms with Gasteiger partial charge in [0.25, 0.3) is 0 Å². The first kappa shape index (κ1) is 13.2. The Hall–Kier alpha value is -0.830. The zero-order valence-electron chi connectivity index (χ0n) is 10.5. The van der Waals surface area contributed by atoms with Crippen LogP contribution in [0.25, 0.3) is 0 Å². The third-order valence-electron chi connectivity index (χ3n) is 1.90. The number of thioether (sulfide) groups is 1. The number of para-hydroxylation sites is 1. The molecule has 0 aliphatic carbocycles. The summed E-state index contributed by atoms with van der Waals surface area (Å²) in [4.78, 5) is 1.10. The van der Waals surface area contributed by atoms with Gasteiger partial charge in [0, 0.05) is 9.64 Å². The fourth-order valence-corrected chi connectivity index (χ4v) is 2.30. The topological polar surface area (TPSA) is 35.2 Å². The number of nitrogen functional groups attached to an aromatic ring is 1. The fourth-order valence-electron chi connectivity index (χ4n) is 1.28. The minimum absolute atomic E-state index is 0.164. The normalized spacial score (nSPS) is 11.5. The molecule has 0 unspecified atom stereocenters. The number of hydrogen-bond acceptors (Lipinski definition) is 3. The zero-order chi connectivity index (χ0) is 12.2. The Morgan fingerprint density at radius 2 is 2.00 bits per heavy atom. The van der Waals surface area contributed by atoms with Crippen molar-refractivity contribution in [3.05, 3.63) is 18.2 Å². The molecule has 0 saturated carbocycles. The van der Waals surface area contributed by atoms with E-state index in [2.05, 4.69) is 27.7 Å². The molecule has 90 valence electrons. The number of anilines is 1. The van der Waals surface area contributed by atoms with Gasteiger partial charge < -0.3 is 10.5 Å². The molecule has 0 heterocycles. The van der Waals surface area contributed by atoms with Gasteiger partial charge in [-0.15, -0.1) is 11.8 Å². The zero-order valence-corrected chi connectivity index (χ0v) is 11.4. The van der Waals surface area contributed by atoms with Gasteiger partial charge >= 0.3 is 0 Å². The van der Waals surface area contributed by atoms with Crippen LogP contribution in [0.4, 0.5) is 5.69 Å². The van der Waals surface area contributed by atoms with Gasteiger partial charge in [0.2, 0.25) is 0 Å². The van der Waals surface area contributed by atoms with Gasteiger partial charge in [-0.3, -0.25) is 0 Å². The molecule has 0 saturated heterocycles. The first-order chi connectivity index (χ1) is 7.44. The van der Waals surface area contributed by atoms with Crippen LogP contribution in [0.3, 0.4) is 0 Å². The van der Waals surface area contributed by atoms with E-state index in [0.29, 0.717) is 6.61 Å². The second-order valence-electron chi connectivity index (χ2n) is 4.73. The SMILES string of the molecule is CCCOc1cccc(SC(C)(C)C)c1N. The van der Waals surface area contributed by atoms with Crippen LogP contribution < -0.4 is 10.5 Å². The number of rotatable bonds is 4. The molecule has 0 aliphatic rings. The molecular formula is C13H21NOS. The summed E-state index contributed by atoms with van der Waals surface area (Å²) >= 11 is 1.77. The Bertz CT molecular complexity index is 344. The number of benzene rings is 1. The summed E-state index contributed by atoms with van der Waals surface area (Å²) in [7, 11) is 0. The highest BCUT2D eigenvalue weighted by atomic mass is 32.2. The summed E-state index contributed by atoms with van der Waals surface area (Å²) in [6.07, 6.45) is 0.996. The Labute approximate surface area is 103 Å². The van der Waals surface area contributed by atoms with Crippen molar-refractivity contribution in [2.75, 3.05) is 12.3 Å². The lowest BCUT2D eigenvalue weighted by molar-refractivity contribution is 0.318. The smallest absolute Gasteiger partial charge is 0.143 e. The molecule has 0 spiro atoms. The van der Waals surface area contributed by atoms with Crippen LogP contribution in [-0.2, 0) is 0 Å². The molecule has 0 amide bonds. The standard InChI is InChI=1S/C13H21NOS/c1-5-9-15-10-7-6-8-11(12(10)14)16-13(2,3)4/h6-8H,5,9,14H2,1-4H3. The monoisotopic (exact) mass is 239 g/mol. The molecule has 1 aromatic rings. The summed E-state index contributed by atoms with van der Waals surface area (Å²) in [5.74, 6) is 0.802. The Morgan fingerprint density at radius 3 is 2.56 bits per heavy atom. The van der Waals surface area contributed by atoms with Gasteiger partial charge in [-0.1, -0.05) is 33.8 Å². The van der Waals surface area contributed by atoms with Crippen molar-refractivity contribution in [1.29, 1.82) is 0 Å². The van der Waals surface area contributed by atoms with Gasteiger partial charge in [-0.05, 0) is 18.6 Å². The Kier molecular flexibility index (Phi) is 4.54. The lowest BCUT2D eigenvalue weighted by Crippen LogP contribution is -2.08. The quantitative estimate of drug-likeness (QED) is 0.638. The van der Waals surface area contributed by atoms with E-state index in [4.69, 9.17) is 10.5 Å². The highest BCUT2D eigenvalue weighted by molar-refractivity contribution is 8.00. The van der Waals surface area contributed by atoms with E-state index in [1.165, 1.54) is 0 Å². The lowest BCUT2D eigenvalue weighted by Gasteiger charge is -2.20. The van der Waals surface area contributed by atoms with E-state index in [1.807, 2.05) is 18.2 Å². The molecule has 0 aromatic heterocycles. The van der Waals surface area contributed by atoms with E-state index in [1.54, 1.807) is 11.8 Å². The molecule has 2 N–H and O–H groups in total. The van der Waals surface area contributed by atoms with E-state index in [0.717, 1.165) is 22.8 Å². The summed E-state index contributed by atoms with van der Waals surface area (Å²) in [5.41, 5.74) is 6.85. The van der Waals surface area contributed by atoms with Crippen molar-refractivity contribution in [3.8, 4) is 5.75 Å². The molecule has 0 atom stereocenters. The van der Waals surface area contributed by atoms with Crippen molar-refractivity contribution in [2.45, 2.75) is 43.8 Å². The Balaban J connectivity index is 2.86. The van der Waals surface area contributed by atoms with Crippen LogP contribution in [0.15, 0.2) is 23.1 Å². The molecule has 3 heteroatoms. The third kappa shape index (κ3) is 3.97. The second kappa shape index (κ2) is 5.48. The molecule has 1 aromatic carbocycles. The summed E-state index contributed by atoms with van der Waals surface area (Å²) in [6, 6.07) is 5.97. The summed E-state index contributed by atoms with van der Waals surface area (Å²) < 4.78 is 5.77. The molecule has 2 nitrogen and oxygen atoms in total. The third-order valence-corrected chi connectivity index (χ3v) is 3.09. The van der Waals surface area contributed by atoms with Crippen LogP contribution in [0.1, 0.15) is 34.1 Å². The largest absolute Gasteiger partial charge is 0.491 e. The molecule has 0 bridgehead atoms. The highest BCUT2D eigenvalue weighted by Crippen LogP contribution is 2.39. The van der Waals surface area contributed by atoms with Crippen LogP contribution in [0.5, 0.6) is 5.75 Å². The van der Waals surface area contributed by atoms with Crippen molar-refractivity contribution in [3.63, 3.8) is 0 Å². The maximum Gasteiger partial charge on any atom is 0.143 e. The fraction of sp³-hybridized carbons (Fsp3) is 0.538. The van der Waals surface area contributed by atoms with Crippen molar-refractivity contribution in [2.24, 2.45) is 0 Å². The number of nitrogens with two attached hydrogens (primary N) is 1. The van der Waals surface area contributed by atoms with E-state index >= 15 is 0 Å². The molecule has 0 aliphatic heterocycles. The second-order valence-corrected chi connectivity index (χ2v) is 6.60. The number of ether oxygens (including phenoxy) is 1. The average molecular weight is 239 g/mol. The minimum atomic E-state index is 0.164. The first-order valence-corrected chi connectivity index (χ1v) is 6.46. The van der Waals surface area contributed by atoms with E-state index in [9.17, 15) is 0 Å². The first-order valence-electron chi connectivity index (χ1n) is 5.64. The predicted octanol–water partition coefficient (Wildman–Crippen LogP) is 3.95. The van der Waals surface area contributed by atoms with Gasteiger partial charge in [0.05, 0.1) is 12.3 Å². The van der Waals surface area contributed by atoms with Gasteiger partial charge in [0.15, 0.2) is 0 Å². The molecule has 0 fully saturated rings. The maximum absolute atomic E-state index is 6.09. The van der Waals surface area contributed by atoms with Crippen molar-refractivity contribution in [1.82, 2.24) is 0 Å². The van der Waals surface area contributed by atoms with Crippen LogP contribution >= 0.6 is 11.8 Å². The summed E-state index contributed by atoms with van der Waals surface area (Å²) in [5, 5.41) is 0. The molecule has 16 heavy (non-hydrogen) atoms. The van der Waals surface area contributed by atoms with Crippen molar-refractivity contribution >= 4 is 17.4 Å². The molecule has 1 rings (SSSR count). The lowest BCUT2D eigenvalue weighted by atomic mass is 10.3. The van der Waals surface area contributed by atoms with Crippen LogP contribution in [0.2, 0.25) is 0 Å². The molecule has 0 radical (unpaired) electrons. The Morgan fingerprint density at radius 1 is 1.31 bits per heavy atom. The summed E-state index contributed by atoms with van der Waals surface area (Å²) in [6.45, 7) is 9.34. The number of hydrogen-bond donors (Lipinski definition) is 1. The van der Waals surface area contributed by atoms with Crippen molar-refractivity contribution < 1.29 is 4.74 Å². The minimum Gasteiger partial charge on any atom is -0.491 e. The van der Waals surface area contributed by atoms with Gasteiger partial charge in [0.1, 0.15) is 5.75 Å². The molecular weight excluding hydrogens is 218 g/mol. The van der Waals surface area contributed by atoms with Crippen LogP contribution in [0, 0.1) is 0 Å². The van der Waals surface area contributed by atoms with E-state index in [-0.39, 0.29) is 4.75 Å². The maximum atomic E-state index is 6.09. The van der Waals surface area contributed by atoms with E-state index < -0.39 is 0 Å². The van der Waals surface area contributed by atoms with Gasteiger partial charge in [-0.25, -0.2) is 0 Å². The average Bonchev–Trinajstić information content (AvgIpc) is 2.17. The van der Waals surface area contributed by atoms with Crippen LogP contribution in [-0.4, -0.2) is 11.4 Å². The highest BCUT2D eigenvalue weighted by Gasteiger charge is 2.15.